The van der Waals surface area contributed by atoms with Gasteiger partial charge in [-0.1, -0.05) is 18.2 Å². The molecule has 5 heteroatoms. The van der Waals surface area contributed by atoms with Crippen molar-refractivity contribution < 1.29 is 14.7 Å². The van der Waals surface area contributed by atoms with E-state index in [0.717, 1.165) is 5.69 Å². The van der Waals surface area contributed by atoms with Crippen LogP contribution in [0.15, 0.2) is 30.3 Å². The molecule has 1 aliphatic rings. The fourth-order valence-corrected chi connectivity index (χ4v) is 2.03. The monoisotopic (exact) mass is 248 g/mol. The summed E-state index contributed by atoms with van der Waals surface area (Å²) in [5, 5.41) is 11.9. The average molecular weight is 248 g/mol. The summed E-state index contributed by atoms with van der Waals surface area (Å²) in [6, 6.07) is 9.46. The summed E-state index contributed by atoms with van der Waals surface area (Å²) >= 11 is 0. The predicted octanol–water partition coefficient (Wildman–Crippen LogP) is 1.03. The molecule has 0 saturated carbocycles. The second-order valence-corrected chi connectivity index (χ2v) is 4.38. The van der Waals surface area contributed by atoms with Crippen LogP contribution in [0.1, 0.15) is 6.42 Å². The van der Waals surface area contributed by atoms with Gasteiger partial charge in [-0.15, -0.1) is 0 Å². The van der Waals surface area contributed by atoms with Gasteiger partial charge in [0, 0.05) is 18.8 Å². The smallest absolute Gasteiger partial charge is 0.308 e. The Hall–Kier alpha value is -2.04. The number of benzene rings is 1. The van der Waals surface area contributed by atoms with Gasteiger partial charge in [-0.25, -0.2) is 0 Å². The summed E-state index contributed by atoms with van der Waals surface area (Å²) in [6.45, 7) is 1.06. The number of amides is 1. The molecule has 1 saturated heterocycles. The minimum Gasteiger partial charge on any atom is -0.481 e. The zero-order valence-corrected chi connectivity index (χ0v) is 10.0. The normalized spacial score (nSPS) is 18.7. The van der Waals surface area contributed by atoms with Crippen LogP contribution >= 0.6 is 0 Å². The van der Waals surface area contributed by atoms with Crippen molar-refractivity contribution in [1.29, 1.82) is 0 Å². The van der Waals surface area contributed by atoms with Crippen LogP contribution in [-0.2, 0) is 9.59 Å². The Labute approximate surface area is 105 Å². The van der Waals surface area contributed by atoms with Crippen molar-refractivity contribution in [2.45, 2.75) is 6.42 Å². The van der Waals surface area contributed by atoms with Crippen LogP contribution in [0.25, 0.3) is 0 Å². The summed E-state index contributed by atoms with van der Waals surface area (Å²) < 4.78 is 0. The second kappa shape index (κ2) is 5.53. The number of nitrogens with one attached hydrogen (secondary N) is 1. The number of anilines is 1. The molecular weight excluding hydrogens is 232 g/mol. The Bertz CT molecular complexity index is 433. The molecule has 0 spiro atoms. The van der Waals surface area contributed by atoms with Gasteiger partial charge in [0.25, 0.3) is 0 Å². The van der Waals surface area contributed by atoms with Crippen molar-refractivity contribution in [3.8, 4) is 0 Å². The fourth-order valence-electron chi connectivity index (χ4n) is 2.03. The number of carbonyl (C=O) groups is 2. The highest BCUT2D eigenvalue weighted by Gasteiger charge is 2.30. The van der Waals surface area contributed by atoms with Crippen LogP contribution in [0.4, 0.5) is 5.69 Å². The summed E-state index contributed by atoms with van der Waals surface area (Å²) in [5.41, 5.74) is 0.889. The van der Waals surface area contributed by atoms with Gasteiger partial charge in [0.05, 0.1) is 12.5 Å². The number of nitrogens with zero attached hydrogens (tertiary/aromatic N) is 1. The minimum atomic E-state index is -0.818. The lowest BCUT2D eigenvalue weighted by molar-refractivity contribution is -0.141. The molecule has 96 valence electrons. The van der Waals surface area contributed by atoms with E-state index >= 15 is 0 Å². The average Bonchev–Trinajstić information content (AvgIpc) is 2.87. The molecule has 5 nitrogen and oxygen atoms in total. The minimum absolute atomic E-state index is 0.0531. The van der Waals surface area contributed by atoms with Gasteiger partial charge in [0.1, 0.15) is 0 Å². The third-order valence-corrected chi connectivity index (χ3v) is 3.11. The van der Waals surface area contributed by atoms with E-state index in [1.54, 1.807) is 4.90 Å². The largest absolute Gasteiger partial charge is 0.481 e. The Morgan fingerprint density at radius 3 is 2.67 bits per heavy atom. The number of likely N-dealkylation sites (tertiary alicyclic amines) is 1. The lowest BCUT2D eigenvalue weighted by Gasteiger charge is -2.16. The molecule has 1 aromatic carbocycles. The third kappa shape index (κ3) is 3.00. The summed E-state index contributed by atoms with van der Waals surface area (Å²) in [7, 11) is 0. The van der Waals surface area contributed by atoms with Gasteiger partial charge < -0.3 is 15.3 Å². The molecule has 1 atom stereocenters. The van der Waals surface area contributed by atoms with Crippen molar-refractivity contribution >= 4 is 17.6 Å². The first-order chi connectivity index (χ1) is 8.66. The maximum atomic E-state index is 11.9. The molecule has 1 unspecified atom stereocenters. The van der Waals surface area contributed by atoms with Crippen LogP contribution in [0.3, 0.4) is 0 Å². The van der Waals surface area contributed by atoms with E-state index in [0.29, 0.717) is 19.5 Å². The topological polar surface area (TPSA) is 69.6 Å². The molecule has 1 amide bonds. The Morgan fingerprint density at radius 2 is 2.06 bits per heavy atom. The number of rotatable bonds is 4. The number of carboxylic acids is 1. The molecule has 0 aromatic heterocycles. The molecule has 2 rings (SSSR count). The molecule has 0 bridgehead atoms. The standard InChI is InChI=1S/C13H16N2O3/c16-12(8-14-11-4-2-1-3-5-11)15-7-6-10(9-15)13(17)18/h1-5,10,14H,6-9H2,(H,17,18). The molecule has 0 radical (unpaired) electrons. The molecule has 2 N–H and O–H groups in total. The van der Waals surface area contributed by atoms with Gasteiger partial charge >= 0.3 is 5.97 Å². The first-order valence-electron chi connectivity index (χ1n) is 5.96. The number of aliphatic carboxylic acids is 1. The number of hydrogen-bond donors (Lipinski definition) is 2. The third-order valence-electron chi connectivity index (χ3n) is 3.11. The highest BCUT2D eigenvalue weighted by Crippen LogP contribution is 2.16. The van der Waals surface area contributed by atoms with Crippen LogP contribution in [-0.4, -0.2) is 41.5 Å². The fraction of sp³-hybridized carbons (Fsp3) is 0.385. The van der Waals surface area contributed by atoms with Crippen LogP contribution < -0.4 is 5.32 Å². The molecule has 18 heavy (non-hydrogen) atoms. The first-order valence-corrected chi connectivity index (χ1v) is 5.96. The summed E-state index contributed by atoms with van der Waals surface area (Å²) in [5.74, 6) is -1.28. The van der Waals surface area contributed by atoms with E-state index in [-0.39, 0.29) is 12.5 Å². The molecule has 1 aliphatic heterocycles. The molecule has 1 fully saturated rings. The van der Waals surface area contributed by atoms with Crippen molar-refractivity contribution in [2.24, 2.45) is 5.92 Å². The SMILES string of the molecule is O=C(O)C1CCN(C(=O)CNc2ccccc2)C1. The van der Waals surface area contributed by atoms with Gasteiger partial charge in [0.15, 0.2) is 0 Å². The number of para-hydroxylation sites is 1. The predicted molar refractivity (Wildman–Crippen MR) is 67.3 cm³/mol. The molecular formula is C13H16N2O3. The lowest BCUT2D eigenvalue weighted by Crippen LogP contribution is -2.34. The van der Waals surface area contributed by atoms with Crippen molar-refractivity contribution in [1.82, 2.24) is 4.90 Å². The van der Waals surface area contributed by atoms with E-state index in [2.05, 4.69) is 5.32 Å². The van der Waals surface area contributed by atoms with Crippen LogP contribution in [0, 0.1) is 5.92 Å². The Morgan fingerprint density at radius 1 is 1.33 bits per heavy atom. The van der Waals surface area contributed by atoms with E-state index in [1.165, 1.54) is 0 Å². The van der Waals surface area contributed by atoms with Crippen molar-refractivity contribution in [3.63, 3.8) is 0 Å². The molecule has 1 aromatic rings. The van der Waals surface area contributed by atoms with Gasteiger partial charge in [-0.2, -0.15) is 0 Å². The summed E-state index contributed by atoms with van der Waals surface area (Å²) in [6.07, 6.45) is 0.548. The van der Waals surface area contributed by atoms with Crippen LogP contribution in [0.5, 0.6) is 0 Å². The summed E-state index contributed by atoms with van der Waals surface area (Å²) in [4.78, 5) is 24.3. The van der Waals surface area contributed by atoms with Gasteiger partial charge in [-0.3, -0.25) is 9.59 Å². The molecule has 1 heterocycles. The van der Waals surface area contributed by atoms with Crippen LogP contribution in [0.2, 0.25) is 0 Å². The highest BCUT2D eigenvalue weighted by molar-refractivity contribution is 5.82. The van der Waals surface area contributed by atoms with E-state index in [1.807, 2.05) is 30.3 Å². The van der Waals surface area contributed by atoms with E-state index in [9.17, 15) is 9.59 Å². The maximum absolute atomic E-state index is 11.9. The van der Waals surface area contributed by atoms with E-state index < -0.39 is 11.9 Å². The quantitative estimate of drug-likeness (QED) is 0.835. The van der Waals surface area contributed by atoms with Crippen molar-refractivity contribution in [2.75, 3.05) is 25.0 Å². The lowest BCUT2D eigenvalue weighted by atomic mass is 10.1. The Kier molecular flexibility index (Phi) is 3.82. The second-order valence-electron chi connectivity index (χ2n) is 4.38. The first kappa shape index (κ1) is 12.4. The van der Waals surface area contributed by atoms with Gasteiger partial charge in [-0.05, 0) is 18.6 Å². The van der Waals surface area contributed by atoms with E-state index in [4.69, 9.17) is 5.11 Å². The Balaban J connectivity index is 1.81. The number of carboxylic acid groups (broad SMARTS) is 1. The highest BCUT2D eigenvalue weighted by atomic mass is 16.4. The zero-order chi connectivity index (χ0) is 13.0. The number of carbonyl (C=O) groups excluding carboxylic acids is 1. The molecule has 0 aliphatic carbocycles. The maximum Gasteiger partial charge on any atom is 0.308 e. The number of hydrogen-bond acceptors (Lipinski definition) is 3. The van der Waals surface area contributed by atoms with Crippen molar-refractivity contribution in [3.05, 3.63) is 30.3 Å². The zero-order valence-electron chi connectivity index (χ0n) is 10.0. The van der Waals surface area contributed by atoms with Gasteiger partial charge in [0.2, 0.25) is 5.91 Å².